The molecule has 15 heteroatoms. The average molecular weight is 535 g/mol. The maximum atomic E-state index is 13.3. The maximum Gasteiger partial charge on any atom is 0.417 e. The number of fused-ring (bicyclic) bond motifs is 2. The molecule has 0 atom stereocenters. The van der Waals surface area contributed by atoms with E-state index in [2.05, 4.69) is 25.3 Å². The third kappa shape index (κ3) is 4.31. The van der Waals surface area contributed by atoms with Gasteiger partial charge in [-0.05, 0) is 36.4 Å². The zero-order chi connectivity index (χ0) is 25.8. The van der Waals surface area contributed by atoms with Gasteiger partial charge in [0.2, 0.25) is 16.0 Å². The van der Waals surface area contributed by atoms with Crippen LogP contribution in [0.15, 0.2) is 53.1 Å². The van der Waals surface area contributed by atoms with Crippen LogP contribution in [-0.2, 0) is 23.2 Å². The molecule has 0 aliphatic heterocycles. The Kier molecular flexibility index (Phi) is 5.57. The fourth-order valence-corrected chi connectivity index (χ4v) is 5.15. The van der Waals surface area contributed by atoms with Crippen molar-refractivity contribution in [2.24, 2.45) is 12.2 Å². The highest BCUT2D eigenvalue weighted by atomic mass is 32.2. The highest BCUT2D eigenvalue weighted by molar-refractivity contribution is 7.89. The van der Waals surface area contributed by atoms with Crippen LogP contribution in [0.25, 0.3) is 21.4 Å². The molecular formula is C21H17F3N8O2S2. The van der Waals surface area contributed by atoms with Gasteiger partial charge in [-0.25, -0.2) is 23.5 Å². The third-order valence-electron chi connectivity index (χ3n) is 5.41. The Morgan fingerprint density at radius 1 is 1.11 bits per heavy atom. The molecule has 186 valence electrons. The number of halogens is 3. The molecule has 3 aromatic heterocycles. The molecular weight excluding hydrogens is 517 g/mol. The van der Waals surface area contributed by atoms with Gasteiger partial charge in [-0.1, -0.05) is 0 Å². The Balaban J connectivity index is 1.59. The van der Waals surface area contributed by atoms with Crippen molar-refractivity contribution in [1.82, 2.24) is 24.5 Å². The molecule has 5 aromatic rings. The van der Waals surface area contributed by atoms with Crippen LogP contribution in [0.5, 0.6) is 0 Å². The second-order valence-electron chi connectivity index (χ2n) is 7.84. The monoisotopic (exact) mass is 534 g/mol. The standard InChI is InChI=1S/C21H17F3N8O2S2/c1-31-9-26-17-18(31)29-20(28-11-3-5-13(21(22,23)24)16(7-11)36(25,33)34)30-19(17)32(2)12-4-6-14-15(8-12)35-10-27-14/h3-10H,1-2H3,(H2,25,33,34)(H,28,29,30). The van der Waals surface area contributed by atoms with Crippen LogP contribution in [0.3, 0.4) is 0 Å². The number of rotatable bonds is 5. The van der Waals surface area contributed by atoms with Gasteiger partial charge in [0.1, 0.15) is 0 Å². The molecule has 3 heterocycles. The lowest BCUT2D eigenvalue weighted by molar-refractivity contribution is -0.139. The molecule has 0 bridgehead atoms. The van der Waals surface area contributed by atoms with E-state index in [0.29, 0.717) is 23.0 Å². The predicted octanol–water partition coefficient (Wildman–Crippen LogP) is 4.15. The number of benzene rings is 2. The number of imidazole rings is 1. The first-order valence-corrected chi connectivity index (χ1v) is 12.6. The van der Waals surface area contributed by atoms with Gasteiger partial charge in [0.25, 0.3) is 0 Å². The Morgan fingerprint density at radius 2 is 1.89 bits per heavy atom. The van der Waals surface area contributed by atoms with Crippen molar-refractivity contribution >= 4 is 65.9 Å². The fraction of sp³-hybridized carbons (Fsp3) is 0.143. The molecule has 0 aliphatic rings. The number of thiazole rings is 1. The summed E-state index contributed by atoms with van der Waals surface area (Å²) in [5.41, 5.74) is 3.00. The van der Waals surface area contributed by atoms with Crippen LogP contribution in [-0.4, -0.2) is 40.0 Å². The summed E-state index contributed by atoms with van der Waals surface area (Å²) in [6.07, 6.45) is -3.34. The molecule has 36 heavy (non-hydrogen) atoms. The number of hydrogen-bond donors (Lipinski definition) is 2. The normalized spacial score (nSPS) is 12.4. The Morgan fingerprint density at radius 3 is 2.61 bits per heavy atom. The van der Waals surface area contributed by atoms with Crippen molar-refractivity contribution in [2.75, 3.05) is 17.3 Å². The molecule has 10 nitrogen and oxygen atoms in total. The number of aryl methyl sites for hydroxylation is 1. The van der Waals surface area contributed by atoms with Gasteiger partial charge in [0, 0.05) is 25.5 Å². The van der Waals surface area contributed by atoms with Gasteiger partial charge in [-0.3, -0.25) is 0 Å². The Bertz CT molecular complexity index is 1730. The van der Waals surface area contributed by atoms with Crippen LogP contribution in [0.1, 0.15) is 5.56 Å². The number of nitrogens with one attached hydrogen (secondary N) is 1. The maximum absolute atomic E-state index is 13.3. The lowest BCUT2D eigenvalue weighted by Crippen LogP contribution is -2.19. The summed E-state index contributed by atoms with van der Waals surface area (Å²) in [4.78, 5) is 18.3. The zero-order valence-electron chi connectivity index (χ0n) is 18.6. The van der Waals surface area contributed by atoms with E-state index in [1.54, 1.807) is 35.4 Å². The minimum Gasteiger partial charge on any atom is -0.327 e. The number of alkyl halides is 3. The smallest absolute Gasteiger partial charge is 0.327 e. The predicted molar refractivity (Wildman–Crippen MR) is 130 cm³/mol. The zero-order valence-corrected chi connectivity index (χ0v) is 20.3. The largest absolute Gasteiger partial charge is 0.417 e. The first-order valence-electron chi connectivity index (χ1n) is 10.2. The summed E-state index contributed by atoms with van der Waals surface area (Å²) < 4.78 is 66.3. The first kappa shape index (κ1) is 23.9. The Labute approximate surface area is 206 Å². The van der Waals surface area contributed by atoms with E-state index in [-0.39, 0.29) is 11.6 Å². The van der Waals surface area contributed by atoms with Crippen molar-refractivity contribution in [2.45, 2.75) is 11.1 Å². The van der Waals surface area contributed by atoms with Gasteiger partial charge in [-0.15, -0.1) is 11.3 Å². The summed E-state index contributed by atoms with van der Waals surface area (Å²) in [6, 6.07) is 8.23. The quantitative estimate of drug-likeness (QED) is 0.344. The molecule has 0 fully saturated rings. The highest BCUT2D eigenvalue weighted by Crippen LogP contribution is 2.36. The Hall–Kier alpha value is -3.82. The second kappa shape index (κ2) is 8.39. The number of hydrogen-bond acceptors (Lipinski definition) is 9. The third-order valence-corrected chi connectivity index (χ3v) is 7.15. The summed E-state index contributed by atoms with van der Waals surface area (Å²) >= 11 is 1.49. The highest BCUT2D eigenvalue weighted by Gasteiger charge is 2.36. The number of aromatic nitrogens is 5. The van der Waals surface area contributed by atoms with E-state index < -0.39 is 26.7 Å². The van der Waals surface area contributed by atoms with E-state index >= 15 is 0 Å². The molecule has 0 unspecified atom stereocenters. The van der Waals surface area contributed by atoms with Crippen LogP contribution < -0.4 is 15.4 Å². The van der Waals surface area contributed by atoms with Gasteiger partial charge in [0.05, 0.1) is 32.5 Å². The van der Waals surface area contributed by atoms with Crippen LogP contribution in [0.4, 0.5) is 36.3 Å². The van der Waals surface area contributed by atoms with Crippen LogP contribution >= 0.6 is 11.3 Å². The van der Waals surface area contributed by atoms with Crippen molar-refractivity contribution in [1.29, 1.82) is 0 Å². The minimum absolute atomic E-state index is 0.00762. The molecule has 0 radical (unpaired) electrons. The number of nitrogens with two attached hydrogens (primary N) is 1. The SMILES string of the molecule is CN(c1ccc2ncsc2c1)c1nc(Nc2ccc(C(F)(F)F)c(S(N)(=O)=O)c2)nc2c1ncn2C. The lowest BCUT2D eigenvalue weighted by atomic mass is 10.2. The minimum atomic E-state index is -4.90. The number of nitrogens with zero attached hydrogens (tertiary/aromatic N) is 6. The summed E-state index contributed by atoms with van der Waals surface area (Å²) in [6.45, 7) is 0. The van der Waals surface area contributed by atoms with Gasteiger partial charge in [0.15, 0.2) is 17.0 Å². The first-order chi connectivity index (χ1) is 16.9. The van der Waals surface area contributed by atoms with E-state index in [0.717, 1.165) is 28.0 Å². The molecule has 5 rings (SSSR count). The number of primary sulfonamides is 1. The van der Waals surface area contributed by atoms with E-state index in [1.165, 1.54) is 11.3 Å². The van der Waals surface area contributed by atoms with Gasteiger partial charge >= 0.3 is 6.18 Å². The second-order valence-corrected chi connectivity index (χ2v) is 10.3. The molecule has 2 aromatic carbocycles. The number of anilines is 4. The van der Waals surface area contributed by atoms with E-state index in [4.69, 9.17) is 5.14 Å². The molecule has 0 saturated heterocycles. The summed E-state index contributed by atoms with van der Waals surface area (Å²) in [7, 11) is -1.14. The van der Waals surface area contributed by atoms with Crippen molar-refractivity contribution < 1.29 is 21.6 Å². The average Bonchev–Trinajstić information content (AvgIpc) is 3.43. The fourth-order valence-electron chi connectivity index (χ4n) is 3.66. The van der Waals surface area contributed by atoms with E-state index in [9.17, 15) is 21.6 Å². The summed E-state index contributed by atoms with van der Waals surface area (Å²) in [5, 5.41) is 7.84. The van der Waals surface area contributed by atoms with Crippen molar-refractivity contribution in [3.05, 3.63) is 53.8 Å². The van der Waals surface area contributed by atoms with Crippen molar-refractivity contribution in [3.8, 4) is 0 Å². The molecule has 0 aliphatic carbocycles. The molecule has 0 amide bonds. The van der Waals surface area contributed by atoms with Crippen LogP contribution in [0.2, 0.25) is 0 Å². The molecule has 0 spiro atoms. The molecule has 0 saturated carbocycles. The lowest BCUT2D eigenvalue weighted by Gasteiger charge is -2.20. The van der Waals surface area contributed by atoms with Gasteiger partial charge < -0.3 is 14.8 Å². The van der Waals surface area contributed by atoms with Gasteiger partial charge in [-0.2, -0.15) is 23.1 Å². The van der Waals surface area contributed by atoms with Crippen LogP contribution in [0, 0.1) is 0 Å². The summed E-state index contributed by atoms with van der Waals surface area (Å²) in [5.74, 6) is 0.442. The number of sulfonamides is 1. The topological polar surface area (TPSA) is 132 Å². The van der Waals surface area contributed by atoms with E-state index in [1.807, 2.05) is 18.2 Å². The molecule has 3 N–H and O–H groups in total. The van der Waals surface area contributed by atoms with Crippen molar-refractivity contribution in [3.63, 3.8) is 0 Å².